The van der Waals surface area contributed by atoms with E-state index in [1.54, 1.807) is 18.3 Å². The van der Waals surface area contributed by atoms with E-state index in [4.69, 9.17) is 0 Å². The Labute approximate surface area is 128 Å². The summed E-state index contributed by atoms with van der Waals surface area (Å²) in [5.74, 6) is -0.626. The summed E-state index contributed by atoms with van der Waals surface area (Å²) in [5, 5.41) is 12.0. The van der Waals surface area contributed by atoms with Crippen molar-refractivity contribution in [3.8, 4) is 0 Å². The van der Waals surface area contributed by atoms with Crippen molar-refractivity contribution >= 4 is 17.5 Å². The molecule has 0 fully saturated rings. The van der Waals surface area contributed by atoms with Gasteiger partial charge < -0.3 is 10.6 Å². The summed E-state index contributed by atoms with van der Waals surface area (Å²) in [6.07, 6.45) is 6.14. The molecule has 0 atom stereocenters. The van der Waals surface area contributed by atoms with E-state index in [2.05, 4.69) is 25.8 Å². The first-order chi connectivity index (χ1) is 10.7. The lowest BCUT2D eigenvalue weighted by molar-refractivity contribution is 0.0930. The highest BCUT2D eigenvalue weighted by molar-refractivity contribution is 6.08. The predicted molar refractivity (Wildman–Crippen MR) is 82.6 cm³/mol. The smallest absolute Gasteiger partial charge is 0.271 e. The standard InChI is InChI=1S/C15H19N5O2/c1-3-11(4-2)18-15(22)13-12(9-17-20-13)19-14(21)10-6-5-7-16-8-10/h5-9,11H,3-4H2,1-2H3,(H,17,20)(H,18,22)(H,19,21). The summed E-state index contributed by atoms with van der Waals surface area (Å²) in [7, 11) is 0. The van der Waals surface area contributed by atoms with Crippen LogP contribution in [0.5, 0.6) is 0 Å². The van der Waals surface area contributed by atoms with Crippen molar-refractivity contribution in [1.29, 1.82) is 0 Å². The predicted octanol–water partition coefficient (Wildman–Crippen LogP) is 1.98. The average Bonchev–Trinajstić information content (AvgIpc) is 3.01. The first-order valence-electron chi connectivity index (χ1n) is 7.21. The van der Waals surface area contributed by atoms with Crippen molar-refractivity contribution in [3.63, 3.8) is 0 Å². The zero-order valence-corrected chi connectivity index (χ0v) is 12.6. The fourth-order valence-electron chi connectivity index (χ4n) is 2.00. The second-order valence-corrected chi connectivity index (χ2v) is 4.84. The third-order valence-corrected chi connectivity index (χ3v) is 3.36. The van der Waals surface area contributed by atoms with Gasteiger partial charge in [0.1, 0.15) is 5.69 Å². The van der Waals surface area contributed by atoms with E-state index in [-0.39, 0.29) is 23.6 Å². The minimum absolute atomic E-state index is 0.0951. The second kappa shape index (κ2) is 7.35. The first kappa shape index (κ1) is 15.7. The van der Waals surface area contributed by atoms with Crippen LogP contribution >= 0.6 is 0 Å². The maximum absolute atomic E-state index is 12.2. The third-order valence-electron chi connectivity index (χ3n) is 3.36. The van der Waals surface area contributed by atoms with E-state index in [9.17, 15) is 9.59 Å². The monoisotopic (exact) mass is 301 g/mol. The van der Waals surface area contributed by atoms with Crippen LogP contribution in [0.4, 0.5) is 5.69 Å². The molecule has 0 bridgehead atoms. The molecule has 7 nitrogen and oxygen atoms in total. The number of carbonyl (C=O) groups is 2. The summed E-state index contributed by atoms with van der Waals surface area (Å²) in [6.45, 7) is 4.01. The van der Waals surface area contributed by atoms with Gasteiger partial charge in [0.05, 0.1) is 17.4 Å². The van der Waals surface area contributed by atoms with Gasteiger partial charge in [0.2, 0.25) is 0 Å². The number of carbonyl (C=O) groups excluding carboxylic acids is 2. The molecule has 2 aromatic heterocycles. The molecule has 2 heterocycles. The Hall–Kier alpha value is -2.70. The maximum atomic E-state index is 12.2. The van der Waals surface area contributed by atoms with Crippen molar-refractivity contribution in [1.82, 2.24) is 20.5 Å². The van der Waals surface area contributed by atoms with Gasteiger partial charge in [-0.25, -0.2) is 0 Å². The molecule has 0 aromatic carbocycles. The summed E-state index contributed by atoms with van der Waals surface area (Å²) in [4.78, 5) is 28.2. The molecule has 2 rings (SSSR count). The molecule has 0 unspecified atom stereocenters. The van der Waals surface area contributed by atoms with Crippen molar-refractivity contribution < 1.29 is 9.59 Å². The van der Waals surface area contributed by atoms with Crippen LogP contribution < -0.4 is 10.6 Å². The summed E-state index contributed by atoms with van der Waals surface area (Å²) >= 11 is 0. The molecule has 0 aliphatic carbocycles. The van der Waals surface area contributed by atoms with E-state index in [0.29, 0.717) is 11.3 Å². The quantitative estimate of drug-likeness (QED) is 0.759. The van der Waals surface area contributed by atoms with Crippen LogP contribution in [-0.2, 0) is 0 Å². The van der Waals surface area contributed by atoms with Gasteiger partial charge in [0.15, 0.2) is 0 Å². The maximum Gasteiger partial charge on any atom is 0.271 e. The number of amides is 2. The Morgan fingerprint density at radius 3 is 2.64 bits per heavy atom. The molecule has 2 aromatic rings. The van der Waals surface area contributed by atoms with Crippen molar-refractivity contribution in [2.24, 2.45) is 0 Å². The first-order valence-corrected chi connectivity index (χ1v) is 7.21. The van der Waals surface area contributed by atoms with Gasteiger partial charge in [-0.2, -0.15) is 5.10 Å². The van der Waals surface area contributed by atoms with Crippen LogP contribution in [0.15, 0.2) is 30.7 Å². The molecule has 3 N–H and O–H groups in total. The SMILES string of the molecule is CCC(CC)NC(=O)c1[nH]ncc1NC(=O)c1cccnc1. The highest BCUT2D eigenvalue weighted by Crippen LogP contribution is 2.13. The lowest BCUT2D eigenvalue weighted by Crippen LogP contribution is -2.34. The number of hydrogen-bond acceptors (Lipinski definition) is 4. The molecule has 22 heavy (non-hydrogen) atoms. The molecule has 116 valence electrons. The highest BCUT2D eigenvalue weighted by atomic mass is 16.2. The number of H-pyrrole nitrogens is 1. The minimum Gasteiger partial charge on any atom is -0.348 e. The number of nitrogens with zero attached hydrogens (tertiary/aromatic N) is 2. The molecule has 0 saturated carbocycles. The molecular formula is C15H19N5O2. The fourth-order valence-corrected chi connectivity index (χ4v) is 2.00. The third kappa shape index (κ3) is 3.69. The van der Waals surface area contributed by atoms with Crippen molar-refractivity contribution in [3.05, 3.63) is 42.0 Å². The van der Waals surface area contributed by atoms with Gasteiger partial charge in [0, 0.05) is 18.4 Å². The van der Waals surface area contributed by atoms with E-state index >= 15 is 0 Å². The van der Waals surface area contributed by atoms with Gasteiger partial charge in [-0.3, -0.25) is 19.7 Å². The lowest BCUT2D eigenvalue weighted by atomic mass is 10.1. The summed E-state index contributed by atoms with van der Waals surface area (Å²) in [6, 6.07) is 3.41. The Morgan fingerprint density at radius 1 is 1.23 bits per heavy atom. The Kier molecular flexibility index (Phi) is 5.24. The zero-order valence-electron chi connectivity index (χ0n) is 12.6. The van der Waals surface area contributed by atoms with E-state index in [1.807, 2.05) is 13.8 Å². The van der Waals surface area contributed by atoms with Crippen LogP contribution in [0.25, 0.3) is 0 Å². The molecule has 0 spiro atoms. The van der Waals surface area contributed by atoms with Gasteiger partial charge >= 0.3 is 0 Å². The van der Waals surface area contributed by atoms with Gasteiger partial charge in [-0.15, -0.1) is 0 Å². The molecule has 0 saturated heterocycles. The van der Waals surface area contributed by atoms with Crippen molar-refractivity contribution in [2.75, 3.05) is 5.32 Å². The minimum atomic E-state index is -0.342. The van der Waals surface area contributed by atoms with Gasteiger partial charge in [-0.05, 0) is 25.0 Å². The van der Waals surface area contributed by atoms with E-state index < -0.39 is 0 Å². The number of nitrogens with one attached hydrogen (secondary N) is 3. The van der Waals surface area contributed by atoms with E-state index in [0.717, 1.165) is 12.8 Å². The molecule has 7 heteroatoms. The van der Waals surface area contributed by atoms with Gasteiger partial charge in [0.25, 0.3) is 11.8 Å². The second-order valence-electron chi connectivity index (χ2n) is 4.84. The van der Waals surface area contributed by atoms with Gasteiger partial charge in [-0.1, -0.05) is 13.8 Å². The van der Waals surface area contributed by atoms with E-state index in [1.165, 1.54) is 12.4 Å². The fraction of sp³-hybridized carbons (Fsp3) is 0.333. The average molecular weight is 301 g/mol. The highest BCUT2D eigenvalue weighted by Gasteiger charge is 2.18. The number of rotatable bonds is 6. The summed E-state index contributed by atoms with van der Waals surface area (Å²) < 4.78 is 0. The number of pyridine rings is 1. The molecular weight excluding hydrogens is 282 g/mol. The Bertz CT molecular complexity index is 634. The Balaban J connectivity index is 2.09. The number of hydrogen-bond donors (Lipinski definition) is 3. The normalized spacial score (nSPS) is 10.5. The van der Waals surface area contributed by atoms with Crippen LogP contribution in [0, 0.1) is 0 Å². The van der Waals surface area contributed by atoms with Crippen LogP contribution in [0.1, 0.15) is 47.5 Å². The molecule has 2 amide bonds. The lowest BCUT2D eigenvalue weighted by Gasteiger charge is -2.14. The number of anilines is 1. The molecule has 0 radical (unpaired) electrons. The molecule has 0 aliphatic heterocycles. The molecule has 0 aliphatic rings. The van der Waals surface area contributed by atoms with Crippen LogP contribution in [0.2, 0.25) is 0 Å². The summed E-state index contributed by atoms with van der Waals surface area (Å²) in [5.41, 5.74) is 0.997. The largest absolute Gasteiger partial charge is 0.348 e. The zero-order chi connectivity index (χ0) is 15.9. The van der Waals surface area contributed by atoms with Crippen LogP contribution in [0.3, 0.4) is 0 Å². The van der Waals surface area contributed by atoms with Crippen molar-refractivity contribution in [2.45, 2.75) is 32.7 Å². The topological polar surface area (TPSA) is 99.8 Å². The van der Waals surface area contributed by atoms with Crippen LogP contribution in [-0.4, -0.2) is 33.0 Å². The number of aromatic amines is 1. The number of aromatic nitrogens is 3. The Morgan fingerprint density at radius 2 is 2.00 bits per heavy atom.